The third-order valence-corrected chi connectivity index (χ3v) is 3.29. The van der Waals surface area contributed by atoms with Crippen molar-refractivity contribution in [3.63, 3.8) is 0 Å². The monoisotopic (exact) mass is 234 g/mol. The Labute approximate surface area is 101 Å². The maximum Gasteiger partial charge on any atom is 0.267 e. The number of ether oxygens (including phenoxy) is 1. The van der Waals surface area contributed by atoms with Crippen LogP contribution in [0.15, 0.2) is 18.3 Å². The number of rotatable bonds is 4. The lowest BCUT2D eigenvalue weighted by molar-refractivity contribution is 0.0639. The molecule has 2 heterocycles. The second kappa shape index (κ2) is 5.77. The summed E-state index contributed by atoms with van der Waals surface area (Å²) in [5, 5.41) is 0. The Morgan fingerprint density at radius 3 is 2.94 bits per heavy atom. The Morgan fingerprint density at radius 1 is 1.47 bits per heavy atom. The van der Waals surface area contributed by atoms with Gasteiger partial charge in [-0.15, -0.1) is 0 Å². The molecule has 1 saturated heterocycles. The molecule has 1 aromatic heterocycles. The minimum atomic E-state index is -0.437. The topological polar surface area (TPSA) is 65.2 Å². The zero-order valence-electron chi connectivity index (χ0n) is 9.89. The predicted octanol–water partition coefficient (Wildman–Crippen LogP) is 1.54. The number of hydrogen-bond donors (Lipinski definition) is 1. The third kappa shape index (κ3) is 3.27. The minimum absolute atomic E-state index is 0.416. The third-order valence-electron chi connectivity index (χ3n) is 3.29. The summed E-state index contributed by atoms with van der Waals surface area (Å²) in [7, 11) is 0. The number of pyridine rings is 1. The molecular formula is C13H18N2O2. The predicted molar refractivity (Wildman–Crippen MR) is 64.6 cm³/mol. The van der Waals surface area contributed by atoms with Gasteiger partial charge in [-0.2, -0.15) is 0 Å². The first-order chi connectivity index (χ1) is 8.27. The lowest BCUT2D eigenvalue weighted by Crippen LogP contribution is -2.18. The highest BCUT2D eigenvalue weighted by Crippen LogP contribution is 2.21. The number of amides is 1. The van der Waals surface area contributed by atoms with Gasteiger partial charge in [-0.05, 0) is 43.2 Å². The number of primary amides is 1. The molecule has 2 rings (SSSR count). The average molecular weight is 234 g/mol. The maximum absolute atomic E-state index is 11.2. The lowest BCUT2D eigenvalue weighted by Gasteiger charge is -2.21. The van der Waals surface area contributed by atoms with Crippen LogP contribution in [0.4, 0.5) is 0 Å². The van der Waals surface area contributed by atoms with E-state index in [2.05, 4.69) is 4.98 Å². The molecule has 4 nitrogen and oxygen atoms in total. The van der Waals surface area contributed by atoms with Gasteiger partial charge in [-0.1, -0.05) is 6.07 Å². The van der Waals surface area contributed by atoms with Crippen LogP contribution < -0.4 is 5.73 Å². The van der Waals surface area contributed by atoms with Crippen LogP contribution in [0.5, 0.6) is 0 Å². The van der Waals surface area contributed by atoms with E-state index in [0.717, 1.165) is 44.5 Å². The van der Waals surface area contributed by atoms with E-state index in [4.69, 9.17) is 10.5 Å². The van der Waals surface area contributed by atoms with Gasteiger partial charge in [-0.25, -0.2) is 0 Å². The van der Waals surface area contributed by atoms with Crippen molar-refractivity contribution in [2.24, 2.45) is 11.7 Å². The number of hydrogen-bond acceptors (Lipinski definition) is 3. The number of nitrogens with zero attached hydrogens (tertiary/aromatic N) is 1. The maximum atomic E-state index is 11.2. The summed E-state index contributed by atoms with van der Waals surface area (Å²) in [6.07, 6.45) is 5.79. The van der Waals surface area contributed by atoms with Crippen LogP contribution in [0, 0.1) is 5.92 Å². The zero-order chi connectivity index (χ0) is 12.1. The van der Waals surface area contributed by atoms with Crippen LogP contribution in [0.1, 0.15) is 35.3 Å². The molecule has 0 unspecified atom stereocenters. The Hall–Kier alpha value is -1.42. The lowest BCUT2D eigenvalue weighted by atomic mass is 9.92. The number of carbonyl (C=O) groups is 1. The Balaban J connectivity index is 1.96. The molecule has 92 valence electrons. The van der Waals surface area contributed by atoms with Crippen molar-refractivity contribution in [1.82, 2.24) is 4.98 Å². The molecule has 4 heteroatoms. The largest absolute Gasteiger partial charge is 0.381 e. The second-order valence-corrected chi connectivity index (χ2v) is 4.47. The fourth-order valence-electron chi connectivity index (χ4n) is 2.26. The van der Waals surface area contributed by atoms with Gasteiger partial charge in [0.1, 0.15) is 5.69 Å². The van der Waals surface area contributed by atoms with Crippen molar-refractivity contribution >= 4 is 5.91 Å². The molecule has 1 amide bonds. The summed E-state index contributed by atoms with van der Waals surface area (Å²) >= 11 is 0. The Morgan fingerprint density at radius 2 is 2.24 bits per heavy atom. The van der Waals surface area contributed by atoms with E-state index in [1.54, 1.807) is 6.20 Å². The van der Waals surface area contributed by atoms with E-state index in [-0.39, 0.29) is 0 Å². The zero-order valence-corrected chi connectivity index (χ0v) is 9.89. The van der Waals surface area contributed by atoms with E-state index in [0.29, 0.717) is 11.6 Å². The first-order valence-electron chi connectivity index (χ1n) is 6.09. The van der Waals surface area contributed by atoms with E-state index in [9.17, 15) is 4.79 Å². The molecule has 0 aliphatic carbocycles. The van der Waals surface area contributed by atoms with Crippen LogP contribution >= 0.6 is 0 Å². The van der Waals surface area contributed by atoms with Gasteiger partial charge >= 0.3 is 0 Å². The standard InChI is InChI=1S/C13H18N2O2/c14-13(16)12-11(2-1-7-15-12)4-3-10-5-8-17-9-6-10/h1-2,7,10H,3-6,8-9H2,(H2,14,16). The highest BCUT2D eigenvalue weighted by atomic mass is 16.5. The van der Waals surface area contributed by atoms with Crippen molar-refractivity contribution in [2.75, 3.05) is 13.2 Å². The molecule has 0 atom stereocenters. The molecule has 1 aliphatic rings. The highest BCUT2D eigenvalue weighted by molar-refractivity contribution is 5.92. The summed E-state index contributed by atoms with van der Waals surface area (Å²) in [5.41, 5.74) is 6.68. The van der Waals surface area contributed by atoms with Crippen molar-refractivity contribution in [1.29, 1.82) is 0 Å². The summed E-state index contributed by atoms with van der Waals surface area (Å²) in [5.74, 6) is 0.261. The smallest absolute Gasteiger partial charge is 0.267 e. The number of carbonyl (C=O) groups excluding carboxylic acids is 1. The molecule has 17 heavy (non-hydrogen) atoms. The number of aryl methyl sites for hydroxylation is 1. The molecule has 1 aliphatic heterocycles. The fraction of sp³-hybridized carbons (Fsp3) is 0.538. The first kappa shape index (κ1) is 12.0. The summed E-state index contributed by atoms with van der Waals surface area (Å²) in [6.45, 7) is 1.72. The van der Waals surface area contributed by atoms with E-state index in [1.807, 2.05) is 12.1 Å². The Kier molecular flexibility index (Phi) is 4.09. The van der Waals surface area contributed by atoms with E-state index >= 15 is 0 Å². The SMILES string of the molecule is NC(=O)c1ncccc1CCC1CCOCC1. The molecular weight excluding hydrogens is 216 g/mol. The van der Waals surface area contributed by atoms with Crippen LogP contribution in [0.2, 0.25) is 0 Å². The number of aromatic nitrogens is 1. The summed E-state index contributed by atoms with van der Waals surface area (Å²) < 4.78 is 5.33. The second-order valence-electron chi connectivity index (χ2n) is 4.47. The van der Waals surface area contributed by atoms with Crippen LogP contribution in [-0.4, -0.2) is 24.1 Å². The van der Waals surface area contributed by atoms with Gasteiger partial charge in [0.2, 0.25) is 0 Å². The van der Waals surface area contributed by atoms with Gasteiger partial charge in [0.15, 0.2) is 0 Å². The van der Waals surface area contributed by atoms with Crippen molar-refractivity contribution in [3.05, 3.63) is 29.6 Å². The van der Waals surface area contributed by atoms with Crippen LogP contribution in [0.25, 0.3) is 0 Å². The van der Waals surface area contributed by atoms with Crippen molar-refractivity contribution < 1.29 is 9.53 Å². The molecule has 2 N–H and O–H groups in total. The van der Waals surface area contributed by atoms with E-state index in [1.165, 1.54) is 0 Å². The molecule has 0 radical (unpaired) electrons. The molecule has 1 fully saturated rings. The average Bonchev–Trinajstić information content (AvgIpc) is 2.38. The Bertz CT molecular complexity index is 387. The highest BCUT2D eigenvalue weighted by Gasteiger charge is 2.15. The number of nitrogens with two attached hydrogens (primary N) is 1. The van der Waals surface area contributed by atoms with Gasteiger partial charge < -0.3 is 10.5 Å². The molecule has 0 saturated carbocycles. The quantitative estimate of drug-likeness (QED) is 0.859. The normalized spacial score (nSPS) is 16.9. The minimum Gasteiger partial charge on any atom is -0.381 e. The molecule has 0 bridgehead atoms. The molecule has 0 aromatic carbocycles. The molecule has 0 spiro atoms. The summed E-state index contributed by atoms with van der Waals surface area (Å²) in [6, 6.07) is 3.79. The molecule has 1 aromatic rings. The van der Waals surface area contributed by atoms with Crippen LogP contribution in [-0.2, 0) is 11.2 Å². The van der Waals surface area contributed by atoms with E-state index < -0.39 is 5.91 Å². The van der Waals surface area contributed by atoms with Crippen LogP contribution in [0.3, 0.4) is 0 Å². The van der Waals surface area contributed by atoms with Gasteiger partial charge in [0.25, 0.3) is 5.91 Å². The van der Waals surface area contributed by atoms with Gasteiger partial charge in [0, 0.05) is 19.4 Å². The van der Waals surface area contributed by atoms with Crippen molar-refractivity contribution in [3.8, 4) is 0 Å². The van der Waals surface area contributed by atoms with Gasteiger partial charge in [0.05, 0.1) is 0 Å². The first-order valence-corrected chi connectivity index (χ1v) is 6.09. The van der Waals surface area contributed by atoms with Crippen molar-refractivity contribution in [2.45, 2.75) is 25.7 Å². The fourth-order valence-corrected chi connectivity index (χ4v) is 2.26. The van der Waals surface area contributed by atoms with Gasteiger partial charge in [-0.3, -0.25) is 9.78 Å². The summed E-state index contributed by atoms with van der Waals surface area (Å²) in [4.78, 5) is 15.3.